The van der Waals surface area contributed by atoms with Gasteiger partial charge in [-0.05, 0) is 36.4 Å². The Hall–Kier alpha value is -2.48. The summed E-state index contributed by atoms with van der Waals surface area (Å²) in [6.07, 6.45) is 0. The second-order valence-corrected chi connectivity index (χ2v) is 6.98. The summed E-state index contributed by atoms with van der Waals surface area (Å²) < 4.78 is 10.2. The van der Waals surface area contributed by atoms with Crippen molar-refractivity contribution in [3.05, 3.63) is 62.6 Å². The number of amides is 2. The normalized spacial score (nSPS) is 10.2. The number of carbonyl (C=O) groups excluding carboxylic acids is 3. The van der Waals surface area contributed by atoms with Crippen molar-refractivity contribution in [1.29, 1.82) is 0 Å². The maximum Gasteiger partial charge on any atom is 0.325 e. The Morgan fingerprint density at radius 1 is 0.931 bits per heavy atom. The van der Waals surface area contributed by atoms with Gasteiger partial charge in [0.25, 0.3) is 5.91 Å². The van der Waals surface area contributed by atoms with Gasteiger partial charge in [0.2, 0.25) is 5.91 Å². The molecule has 0 radical (unpaired) electrons. The summed E-state index contributed by atoms with van der Waals surface area (Å²) in [5.41, 5.74) is 0.769. The summed E-state index contributed by atoms with van der Waals surface area (Å²) in [5, 5.41) is 5.77. The van der Waals surface area contributed by atoms with Crippen LogP contribution in [0.5, 0.6) is 5.75 Å². The second-order valence-electron chi connectivity index (χ2n) is 5.70. The van der Waals surface area contributed by atoms with Crippen molar-refractivity contribution in [2.45, 2.75) is 6.61 Å². The minimum Gasteiger partial charge on any atom is -0.496 e. The molecular formula is C19H17Cl3N2O5. The zero-order chi connectivity index (χ0) is 21.4. The lowest BCUT2D eigenvalue weighted by molar-refractivity contribution is -0.145. The van der Waals surface area contributed by atoms with E-state index in [4.69, 9.17) is 44.3 Å². The van der Waals surface area contributed by atoms with Crippen LogP contribution in [0.25, 0.3) is 0 Å². The predicted molar refractivity (Wildman–Crippen MR) is 110 cm³/mol. The van der Waals surface area contributed by atoms with Gasteiger partial charge < -0.3 is 20.1 Å². The molecular weight excluding hydrogens is 443 g/mol. The number of ether oxygens (including phenoxy) is 2. The Morgan fingerprint density at radius 3 is 2.31 bits per heavy atom. The Labute approximate surface area is 182 Å². The van der Waals surface area contributed by atoms with E-state index in [0.29, 0.717) is 21.4 Å². The first-order valence-corrected chi connectivity index (χ1v) is 9.41. The topological polar surface area (TPSA) is 93.7 Å². The van der Waals surface area contributed by atoms with Crippen LogP contribution in [0.1, 0.15) is 15.9 Å². The largest absolute Gasteiger partial charge is 0.496 e. The van der Waals surface area contributed by atoms with Crippen LogP contribution in [-0.2, 0) is 20.9 Å². The highest BCUT2D eigenvalue weighted by Crippen LogP contribution is 2.23. The fraction of sp³-hybridized carbons (Fsp3) is 0.211. The smallest absolute Gasteiger partial charge is 0.325 e. The van der Waals surface area contributed by atoms with Gasteiger partial charge >= 0.3 is 5.97 Å². The summed E-state index contributed by atoms with van der Waals surface area (Å²) in [6, 6.07) is 9.29. The lowest BCUT2D eigenvalue weighted by Gasteiger charge is -2.11. The van der Waals surface area contributed by atoms with E-state index in [1.54, 1.807) is 18.2 Å². The van der Waals surface area contributed by atoms with Crippen LogP contribution in [0, 0.1) is 0 Å². The van der Waals surface area contributed by atoms with E-state index in [-0.39, 0.29) is 30.3 Å². The maximum absolute atomic E-state index is 12.0. The molecule has 0 aromatic heterocycles. The molecule has 0 saturated heterocycles. The van der Waals surface area contributed by atoms with Gasteiger partial charge in [0.1, 0.15) is 18.9 Å². The monoisotopic (exact) mass is 458 g/mol. The average Bonchev–Trinajstić information content (AvgIpc) is 2.69. The molecule has 7 nitrogen and oxygen atoms in total. The van der Waals surface area contributed by atoms with Crippen LogP contribution < -0.4 is 15.4 Å². The first-order chi connectivity index (χ1) is 13.8. The molecule has 154 valence electrons. The minimum atomic E-state index is -0.660. The molecule has 0 spiro atoms. The quantitative estimate of drug-likeness (QED) is 0.591. The molecule has 2 aromatic rings. The van der Waals surface area contributed by atoms with Crippen LogP contribution in [0.4, 0.5) is 0 Å². The zero-order valence-corrected chi connectivity index (χ0v) is 17.5. The first kappa shape index (κ1) is 22.8. The van der Waals surface area contributed by atoms with Gasteiger partial charge in [-0.1, -0.05) is 34.8 Å². The number of hydrogen-bond acceptors (Lipinski definition) is 5. The third-order valence-electron chi connectivity index (χ3n) is 3.65. The highest BCUT2D eigenvalue weighted by atomic mass is 35.5. The van der Waals surface area contributed by atoms with E-state index in [0.717, 1.165) is 0 Å². The SMILES string of the molecule is COc1ccc(Cl)cc1COC(=O)CNC(=O)CNC(=O)c1ccc(Cl)cc1Cl. The van der Waals surface area contributed by atoms with Gasteiger partial charge in [0.15, 0.2) is 0 Å². The standard InChI is InChI=1S/C19H17Cl3N2O5/c1-28-16-5-3-12(20)6-11(16)10-29-18(26)9-23-17(25)8-24-19(27)14-4-2-13(21)7-15(14)22/h2-7H,8-10H2,1H3,(H,23,25)(H,24,27). The molecule has 0 aliphatic rings. The number of benzene rings is 2. The third-order valence-corrected chi connectivity index (χ3v) is 4.43. The number of hydrogen-bond donors (Lipinski definition) is 2. The highest BCUT2D eigenvalue weighted by Gasteiger charge is 2.13. The van der Waals surface area contributed by atoms with E-state index in [9.17, 15) is 14.4 Å². The molecule has 0 atom stereocenters. The van der Waals surface area contributed by atoms with Crippen LogP contribution in [0.3, 0.4) is 0 Å². The molecule has 29 heavy (non-hydrogen) atoms. The van der Waals surface area contributed by atoms with Gasteiger partial charge in [-0.15, -0.1) is 0 Å². The number of rotatable bonds is 8. The fourth-order valence-corrected chi connectivity index (χ4v) is 2.92. The molecule has 0 aliphatic heterocycles. The van der Waals surface area contributed by atoms with Crippen molar-refractivity contribution in [2.24, 2.45) is 0 Å². The molecule has 0 fully saturated rings. The number of carbonyl (C=O) groups is 3. The number of methoxy groups -OCH3 is 1. The van der Waals surface area contributed by atoms with Gasteiger partial charge in [0.05, 0.1) is 24.2 Å². The fourth-order valence-electron chi connectivity index (χ4n) is 2.23. The Kier molecular flexibility index (Phi) is 8.57. The van der Waals surface area contributed by atoms with Crippen molar-refractivity contribution in [2.75, 3.05) is 20.2 Å². The summed E-state index contributed by atoms with van der Waals surface area (Å²) in [6.45, 7) is -0.767. The summed E-state index contributed by atoms with van der Waals surface area (Å²) in [4.78, 5) is 35.7. The maximum atomic E-state index is 12.0. The third kappa shape index (κ3) is 7.12. The van der Waals surface area contributed by atoms with Crippen LogP contribution in [-0.4, -0.2) is 38.0 Å². The van der Waals surface area contributed by atoms with Crippen LogP contribution >= 0.6 is 34.8 Å². The minimum absolute atomic E-state index is 0.0652. The first-order valence-electron chi connectivity index (χ1n) is 8.28. The predicted octanol–water partition coefficient (Wildman–Crippen LogP) is 3.24. The van der Waals surface area contributed by atoms with Crippen molar-refractivity contribution in [3.63, 3.8) is 0 Å². The molecule has 2 N–H and O–H groups in total. The lowest BCUT2D eigenvalue weighted by atomic mass is 10.2. The molecule has 0 unspecified atom stereocenters. The van der Waals surface area contributed by atoms with E-state index >= 15 is 0 Å². The zero-order valence-electron chi connectivity index (χ0n) is 15.3. The molecule has 0 saturated carbocycles. The summed E-state index contributed by atoms with van der Waals surface area (Å²) in [5.74, 6) is -1.25. The molecule has 2 rings (SSSR count). The number of halogens is 3. The summed E-state index contributed by atoms with van der Waals surface area (Å²) >= 11 is 17.6. The van der Waals surface area contributed by atoms with Crippen molar-refractivity contribution in [1.82, 2.24) is 10.6 Å². The average molecular weight is 460 g/mol. The molecule has 2 amide bonds. The van der Waals surface area contributed by atoms with E-state index < -0.39 is 17.8 Å². The molecule has 0 heterocycles. The van der Waals surface area contributed by atoms with Crippen molar-refractivity contribution < 1.29 is 23.9 Å². The molecule has 10 heteroatoms. The lowest BCUT2D eigenvalue weighted by Crippen LogP contribution is -2.39. The van der Waals surface area contributed by atoms with Gasteiger partial charge in [-0.2, -0.15) is 0 Å². The van der Waals surface area contributed by atoms with Gasteiger partial charge in [0, 0.05) is 15.6 Å². The van der Waals surface area contributed by atoms with Crippen LogP contribution in [0.2, 0.25) is 15.1 Å². The van der Waals surface area contributed by atoms with Crippen LogP contribution in [0.15, 0.2) is 36.4 Å². The van der Waals surface area contributed by atoms with Gasteiger partial charge in [-0.3, -0.25) is 14.4 Å². The number of esters is 1. The van der Waals surface area contributed by atoms with Crippen molar-refractivity contribution in [3.8, 4) is 5.75 Å². The van der Waals surface area contributed by atoms with E-state index in [1.807, 2.05) is 0 Å². The van der Waals surface area contributed by atoms with Gasteiger partial charge in [-0.25, -0.2) is 0 Å². The second kappa shape index (κ2) is 10.9. The molecule has 2 aromatic carbocycles. The Bertz CT molecular complexity index is 921. The highest BCUT2D eigenvalue weighted by molar-refractivity contribution is 6.36. The van der Waals surface area contributed by atoms with Crippen molar-refractivity contribution >= 4 is 52.6 Å². The Balaban J connectivity index is 1.75. The number of nitrogens with one attached hydrogen (secondary N) is 2. The van der Waals surface area contributed by atoms with E-state index in [2.05, 4.69) is 10.6 Å². The molecule has 0 bridgehead atoms. The summed E-state index contributed by atoms with van der Waals surface area (Å²) in [7, 11) is 1.49. The molecule has 0 aliphatic carbocycles. The Morgan fingerprint density at radius 2 is 1.62 bits per heavy atom. The van der Waals surface area contributed by atoms with E-state index in [1.165, 1.54) is 25.3 Å².